The lowest BCUT2D eigenvalue weighted by atomic mass is 10.2. The largest absolute Gasteiger partial charge is 0.433 e. The Labute approximate surface area is 89.9 Å². The van der Waals surface area contributed by atoms with E-state index in [2.05, 4.69) is 4.98 Å². The van der Waals surface area contributed by atoms with E-state index in [4.69, 9.17) is 5.73 Å². The molecule has 1 rings (SSSR count). The second kappa shape index (κ2) is 3.99. The molecule has 16 heavy (non-hydrogen) atoms. The third-order valence-corrected chi connectivity index (χ3v) is 1.85. The third kappa shape index (κ3) is 2.41. The summed E-state index contributed by atoms with van der Waals surface area (Å²) >= 11 is 0. The van der Waals surface area contributed by atoms with E-state index in [1.165, 1.54) is 19.0 Å². The number of nitrogens with two attached hydrogens (primary N) is 1. The number of pyridine rings is 1. The fourth-order valence-electron chi connectivity index (χ4n) is 1.14. The first-order chi connectivity index (χ1) is 7.23. The van der Waals surface area contributed by atoms with E-state index in [0.717, 1.165) is 12.1 Å². The summed E-state index contributed by atoms with van der Waals surface area (Å²) in [6.07, 6.45) is -4.54. The predicted molar refractivity (Wildman–Crippen MR) is 52.1 cm³/mol. The van der Waals surface area contributed by atoms with Crippen LogP contribution in [0.15, 0.2) is 12.1 Å². The standard InChI is InChI=1S/C9H10F3N3O/c1-15(2)8-5(7(13)16)3-4-6(14-8)9(10,11)12/h3-4H,1-2H3,(H2,13,16). The van der Waals surface area contributed by atoms with E-state index in [0.29, 0.717) is 0 Å². The number of rotatable bonds is 2. The molecule has 0 unspecified atom stereocenters. The van der Waals surface area contributed by atoms with Crippen molar-refractivity contribution in [3.8, 4) is 0 Å². The molecule has 0 saturated carbocycles. The van der Waals surface area contributed by atoms with E-state index >= 15 is 0 Å². The molecule has 1 heterocycles. The summed E-state index contributed by atoms with van der Waals surface area (Å²) in [4.78, 5) is 15.6. The lowest BCUT2D eigenvalue weighted by molar-refractivity contribution is -0.141. The lowest BCUT2D eigenvalue weighted by Crippen LogP contribution is -2.22. The maximum Gasteiger partial charge on any atom is 0.433 e. The Hall–Kier alpha value is -1.79. The molecule has 0 aromatic carbocycles. The van der Waals surface area contributed by atoms with Gasteiger partial charge in [-0.1, -0.05) is 0 Å². The zero-order valence-corrected chi connectivity index (χ0v) is 8.67. The van der Waals surface area contributed by atoms with Crippen LogP contribution in [-0.4, -0.2) is 25.0 Å². The van der Waals surface area contributed by atoms with Crippen molar-refractivity contribution in [3.63, 3.8) is 0 Å². The van der Waals surface area contributed by atoms with Gasteiger partial charge in [0, 0.05) is 14.1 Å². The van der Waals surface area contributed by atoms with Gasteiger partial charge in [-0.25, -0.2) is 4.98 Å². The number of hydrogen-bond acceptors (Lipinski definition) is 3. The first-order valence-corrected chi connectivity index (χ1v) is 4.29. The number of primary amides is 1. The fraction of sp³-hybridized carbons (Fsp3) is 0.333. The monoisotopic (exact) mass is 233 g/mol. The first kappa shape index (κ1) is 12.3. The van der Waals surface area contributed by atoms with Crippen molar-refractivity contribution in [2.75, 3.05) is 19.0 Å². The zero-order chi connectivity index (χ0) is 12.5. The average Bonchev–Trinajstić information content (AvgIpc) is 2.15. The Morgan fingerprint density at radius 2 is 1.94 bits per heavy atom. The molecule has 1 amide bonds. The second-order valence-corrected chi connectivity index (χ2v) is 3.32. The van der Waals surface area contributed by atoms with Gasteiger partial charge in [-0.2, -0.15) is 13.2 Å². The van der Waals surface area contributed by atoms with Gasteiger partial charge in [-0.05, 0) is 12.1 Å². The quantitative estimate of drug-likeness (QED) is 0.836. The summed E-state index contributed by atoms with van der Waals surface area (Å²) < 4.78 is 37.1. The van der Waals surface area contributed by atoms with Gasteiger partial charge in [-0.3, -0.25) is 4.79 Å². The molecule has 0 aliphatic carbocycles. The Bertz CT molecular complexity index is 415. The SMILES string of the molecule is CN(C)c1nc(C(F)(F)F)ccc1C(N)=O. The van der Waals surface area contributed by atoms with Gasteiger partial charge < -0.3 is 10.6 Å². The van der Waals surface area contributed by atoms with Gasteiger partial charge in [0.15, 0.2) is 0 Å². The van der Waals surface area contributed by atoms with Crippen LogP contribution in [0.4, 0.5) is 19.0 Å². The van der Waals surface area contributed by atoms with Crippen molar-refractivity contribution in [2.45, 2.75) is 6.18 Å². The van der Waals surface area contributed by atoms with E-state index < -0.39 is 17.8 Å². The van der Waals surface area contributed by atoms with Crippen molar-refractivity contribution >= 4 is 11.7 Å². The van der Waals surface area contributed by atoms with Crippen LogP contribution in [0.5, 0.6) is 0 Å². The molecule has 0 spiro atoms. The highest BCUT2D eigenvalue weighted by molar-refractivity contribution is 5.97. The minimum Gasteiger partial charge on any atom is -0.365 e. The highest BCUT2D eigenvalue weighted by atomic mass is 19.4. The van der Waals surface area contributed by atoms with Crippen molar-refractivity contribution in [1.29, 1.82) is 0 Å². The molecular formula is C9H10F3N3O. The Balaban J connectivity index is 3.34. The van der Waals surface area contributed by atoms with Crippen molar-refractivity contribution in [1.82, 2.24) is 4.98 Å². The Morgan fingerprint density at radius 3 is 2.31 bits per heavy atom. The lowest BCUT2D eigenvalue weighted by Gasteiger charge is -2.16. The third-order valence-electron chi connectivity index (χ3n) is 1.85. The number of nitrogens with zero attached hydrogens (tertiary/aromatic N) is 2. The minimum absolute atomic E-state index is 0.0435. The fourth-order valence-corrected chi connectivity index (χ4v) is 1.14. The van der Waals surface area contributed by atoms with E-state index in [1.807, 2.05) is 0 Å². The molecule has 0 aliphatic heterocycles. The molecule has 2 N–H and O–H groups in total. The summed E-state index contributed by atoms with van der Waals surface area (Å²) in [6, 6.07) is 1.75. The highest BCUT2D eigenvalue weighted by Gasteiger charge is 2.33. The molecule has 0 radical (unpaired) electrons. The van der Waals surface area contributed by atoms with Crippen LogP contribution >= 0.6 is 0 Å². The molecule has 0 saturated heterocycles. The molecule has 0 bridgehead atoms. The highest BCUT2D eigenvalue weighted by Crippen LogP contribution is 2.29. The van der Waals surface area contributed by atoms with Gasteiger partial charge >= 0.3 is 6.18 Å². The van der Waals surface area contributed by atoms with Gasteiger partial charge in [0.05, 0.1) is 5.56 Å². The first-order valence-electron chi connectivity index (χ1n) is 4.29. The van der Waals surface area contributed by atoms with Gasteiger partial charge in [0.2, 0.25) is 0 Å². The summed E-state index contributed by atoms with van der Waals surface area (Å²) in [5, 5.41) is 0. The molecule has 0 aliphatic rings. The topological polar surface area (TPSA) is 59.2 Å². The van der Waals surface area contributed by atoms with E-state index in [9.17, 15) is 18.0 Å². The number of carbonyl (C=O) groups is 1. The summed E-state index contributed by atoms with van der Waals surface area (Å²) in [7, 11) is 2.96. The average molecular weight is 233 g/mol. The normalized spacial score (nSPS) is 11.3. The summed E-state index contributed by atoms with van der Waals surface area (Å²) in [5.41, 5.74) is 3.93. The molecule has 4 nitrogen and oxygen atoms in total. The van der Waals surface area contributed by atoms with Gasteiger partial charge in [-0.15, -0.1) is 0 Å². The van der Waals surface area contributed by atoms with Crippen LogP contribution in [0.3, 0.4) is 0 Å². The molecule has 0 atom stereocenters. The predicted octanol–water partition coefficient (Wildman–Crippen LogP) is 1.27. The van der Waals surface area contributed by atoms with Crippen LogP contribution in [0, 0.1) is 0 Å². The van der Waals surface area contributed by atoms with Crippen LogP contribution < -0.4 is 10.6 Å². The van der Waals surface area contributed by atoms with E-state index in [1.54, 1.807) is 0 Å². The second-order valence-electron chi connectivity index (χ2n) is 3.32. The Morgan fingerprint density at radius 1 is 1.38 bits per heavy atom. The maximum absolute atomic E-state index is 12.4. The van der Waals surface area contributed by atoms with Crippen LogP contribution in [0.25, 0.3) is 0 Å². The van der Waals surface area contributed by atoms with Crippen molar-refractivity contribution in [2.24, 2.45) is 5.73 Å². The number of halogens is 3. The number of amides is 1. The van der Waals surface area contributed by atoms with Crippen LogP contribution in [0.1, 0.15) is 16.1 Å². The Kier molecular flexibility index (Phi) is 3.06. The summed E-state index contributed by atoms with van der Waals surface area (Å²) in [6.45, 7) is 0. The minimum atomic E-state index is -4.54. The number of carbonyl (C=O) groups excluding carboxylic acids is 1. The smallest absolute Gasteiger partial charge is 0.365 e. The van der Waals surface area contributed by atoms with Crippen LogP contribution in [0.2, 0.25) is 0 Å². The molecule has 0 fully saturated rings. The van der Waals surface area contributed by atoms with Crippen molar-refractivity contribution < 1.29 is 18.0 Å². The number of anilines is 1. The molecule has 88 valence electrons. The van der Waals surface area contributed by atoms with Gasteiger partial charge in [0.25, 0.3) is 5.91 Å². The van der Waals surface area contributed by atoms with Gasteiger partial charge in [0.1, 0.15) is 11.5 Å². The summed E-state index contributed by atoms with van der Waals surface area (Å²) in [5.74, 6) is -0.910. The molecule has 1 aromatic heterocycles. The zero-order valence-electron chi connectivity index (χ0n) is 8.67. The molecule has 7 heteroatoms. The number of alkyl halides is 3. The molecule has 1 aromatic rings. The number of aromatic nitrogens is 1. The van der Waals surface area contributed by atoms with E-state index in [-0.39, 0.29) is 11.4 Å². The van der Waals surface area contributed by atoms with Crippen molar-refractivity contribution in [3.05, 3.63) is 23.4 Å². The maximum atomic E-state index is 12.4. The molecular weight excluding hydrogens is 223 g/mol. The van der Waals surface area contributed by atoms with Crippen LogP contribution in [-0.2, 0) is 6.18 Å². The number of hydrogen-bond donors (Lipinski definition) is 1.